The van der Waals surface area contributed by atoms with Gasteiger partial charge in [0.05, 0.1) is 17.9 Å². The minimum absolute atomic E-state index is 0.0468. The SMILES string of the molecule is C=C[C@]1(C)C[C@@H](OC(=O)CSC(C)(C)C(N)C(=O)N2CCN(C)CC2)[C@]2(C)C(C)CCC3(CCC(=O)C32)[C@@H](C)C1O. The van der Waals surface area contributed by atoms with Crippen LogP contribution in [0.15, 0.2) is 12.7 Å². The Morgan fingerprint density at radius 1 is 1.22 bits per heavy atom. The van der Waals surface area contributed by atoms with E-state index in [0.717, 1.165) is 32.4 Å². The van der Waals surface area contributed by atoms with E-state index in [4.69, 9.17) is 10.5 Å². The van der Waals surface area contributed by atoms with Gasteiger partial charge in [-0.1, -0.05) is 33.8 Å². The molecule has 8 nitrogen and oxygen atoms in total. The first-order valence-corrected chi connectivity index (χ1v) is 16.4. The lowest BCUT2D eigenvalue weighted by Gasteiger charge is -2.61. The zero-order valence-electron chi connectivity index (χ0n) is 26.3. The molecule has 3 aliphatic carbocycles. The van der Waals surface area contributed by atoms with Crippen LogP contribution in [0.2, 0.25) is 0 Å². The van der Waals surface area contributed by atoms with Crippen LogP contribution < -0.4 is 5.73 Å². The lowest BCUT2D eigenvalue weighted by Crippen LogP contribution is -2.63. The van der Waals surface area contributed by atoms with Gasteiger partial charge in [0.15, 0.2) is 0 Å². The highest BCUT2D eigenvalue weighted by molar-refractivity contribution is 8.01. The zero-order valence-corrected chi connectivity index (χ0v) is 27.1. The third-order valence-electron chi connectivity index (χ3n) is 12.0. The van der Waals surface area contributed by atoms with Crippen LogP contribution in [-0.4, -0.2) is 94.5 Å². The van der Waals surface area contributed by atoms with E-state index < -0.39 is 33.8 Å². The molecule has 4 rings (SSSR count). The van der Waals surface area contributed by atoms with Gasteiger partial charge in [0.2, 0.25) is 5.91 Å². The fourth-order valence-electron chi connectivity index (χ4n) is 8.55. The first-order valence-electron chi connectivity index (χ1n) is 15.4. The summed E-state index contributed by atoms with van der Waals surface area (Å²) in [6.45, 7) is 19.3. The highest BCUT2D eigenvalue weighted by Crippen LogP contribution is 2.68. The monoisotopic (exact) mass is 591 g/mol. The number of thioether (sulfide) groups is 1. The number of hydrogen-bond donors (Lipinski definition) is 2. The van der Waals surface area contributed by atoms with Crippen molar-refractivity contribution in [2.45, 2.75) is 96.6 Å². The number of carbonyl (C=O) groups is 3. The molecule has 4 fully saturated rings. The second kappa shape index (κ2) is 11.6. The standard InChI is InChI=1S/C32H53N3O5S/c1-9-30(6)18-23(31(7)20(2)10-12-32(21(3)27(30)38)13-11-22(36)25(31)32)40-24(37)19-41-29(4,5)26(33)28(39)35-16-14-34(8)15-17-35/h9,20-21,23,25-27,38H,1,10-19,33H2,2-8H3/t20?,21-,23+,25?,26?,27?,30+,31-,32?/m0/s1. The average Bonchev–Trinajstić information content (AvgIpc) is 3.30. The third kappa shape index (κ3) is 5.53. The largest absolute Gasteiger partial charge is 0.461 e. The molecule has 4 aliphatic rings. The number of aliphatic hydroxyl groups is 1. The van der Waals surface area contributed by atoms with E-state index in [2.05, 4.69) is 32.3 Å². The number of likely N-dealkylation sites (N-methyl/N-ethyl adjacent to an activating group) is 1. The molecular formula is C32H53N3O5S. The Hall–Kier alpha value is -1.42. The van der Waals surface area contributed by atoms with Crippen molar-refractivity contribution in [1.82, 2.24) is 9.80 Å². The molecular weight excluding hydrogens is 538 g/mol. The molecule has 0 spiro atoms. The predicted molar refractivity (Wildman–Crippen MR) is 163 cm³/mol. The number of esters is 1. The smallest absolute Gasteiger partial charge is 0.316 e. The summed E-state index contributed by atoms with van der Waals surface area (Å²) in [5.74, 6) is -0.327. The minimum atomic E-state index is -0.751. The number of piperazine rings is 1. The molecule has 41 heavy (non-hydrogen) atoms. The van der Waals surface area contributed by atoms with Crippen molar-refractivity contribution in [2.75, 3.05) is 39.0 Å². The molecule has 1 amide bonds. The Morgan fingerprint density at radius 2 is 1.85 bits per heavy atom. The molecule has 0 aromatic carbocycles. The van der Waals surface area contributed by atoms with Gasteiger partial charge >= 0.3 is 5.97 Å². The van der Waals surface area contributed by atoms with Crippen LogP contribution in [0.25, 0.3) is 0 Å². The predicted octanol–water partition coefficient (Wildman–Crippen LogP) is 3.51. The first kappa shape index (κ1) is 32.5. The topological polar surface area (TPSA) is 113 Å². The summed E-state index contributed by atoms with van der Waals surface area (Å²) in [6, 6.07) is -0.751. The van der Waals surface area contributed by atoms with Gasteiger partial charge in [0, 0.05) is 54.1 Å². The van der Waals surface area contributed by atoms with Crippen molar-refractivity contribution in [3.8, 4) is 0 Å². The minimum Gasteiger partial charge on any atom is -0.461 e. The summed E-state index contributed by atoms with van der Waals surface area (Å²) < 4.78 is 5.69. The number of Topliss-reactive ketones (excluding diaryl/α,β-unsaturated/α-hetero) is 1. The van der Waals surface area contributed by atoms with E-state index in [1.54, 1.807) is 0 Å². The van der Waals surface area contributed by atoms with E-state index in [1.807, 2.05) is 38.8 Å². The van der Waals surface area contributed by atoms with Gasteiger partial charge in [-0.2, -0.15) is 0 Å². The maximum absolute atomic E-state index is 13.6. The van der Waals surface area contributed by atoms with Crippen LogP contribution in [-0.2, 0) is 19.1 Å². The Kier molecular flexibility index (Phi) is 9.18. The van der Waals surface area contributed by atoms with Crippen LogP contribution in [0.5, 0.6) is 0 Å². The number of nitrogens with two attached hydrogens (primary N) is 1. The number of carbonyl (C=O) groups excluding carboxylic acids is 3. The molecule has 0 aromatic heterocycles. The Morgan fingerprint density at radius 3 is 2.46 bits per heavy atom. The van der Waals surface area contributed by atoms with Gasteiger partial charge < -0.3 is 25.4 Å². The lowest BCUT2D eigenvalue weighted by atomic mass is 9.44. The second-order valence-corrected chi connectivity index (χ2v) is 16.2. The quantitative estimate of drug-likeness (QED) is 0.342. The summed E-state index contributed by atoms with van der Waals surface area (Å²) >= 11 is 1.34. The van der Waals surface area contributed by atoms with Crippen LogP contribution in [0.4, 0.5) is 0 Å². The second-order valence-electron chi connectivity index (χ2n) is 14.6. The summed E-state index contributed by atoms with van der Waals surface area (Å²) in [5, 5.41) is 11.7. The molecule has 9 heteroatoms. The molecule has 0 radical (unpaired) electrons. The van der Waals surface area contributed by atoms with E-state index in [0.29, 0.717) is 25.9 Å². The zero-order chi connectivity index (χ0) is 30.5. The number of nitrogens with zero attached hydrogens (tertiary/aromatic N) is 2. The highest BCUT2D eigenvalue weighted by Gasteiger charge is 2.68. The normalized spacial score (nSPS) is 40.8. The number of hydrogen-bond acceptors (Lipinski definition) is 8. The molecule has 9 atom stereocenters. The molecule has 0 aromatic rings. The van der Waals surface area contributed by atoms with Crippen molar-refractivity contribution < 1.29 is 24.2 Å². The lowest BCUT2D eigenvalue weighted by molar-refractivity contribution is -0.205. The molecule has 1 saturated heterocycles. The van der Waals surface area contributed by atoms with Crippen LogP contribution in [0, 0.1) is 34.0 Å². The summed E-state index contributed by atoms with van der Waals surface area (Å²) in [4.78, 5) is 44.3. The van der Waals surface area contributed by atoms with Crippen LogP contribution in [0.3, 0.4) is 0 Å². The maximum Gasteiger partial charge on any atom is 0.316 e. The molecule has 232 valence electrons. The van der Waals surface area contributed by atoms with E-state index in [9.17, 15) is 19.5 Å². The fraction of sp³-hybridized carbons (Fsp3) is 0.844. The number of ether oxygens (including phenoxy) is 1. The summed E-state index contributed by atoms with van der Waals surface area (Å²) in [7, 11) is 2.04. The van der Waals surface area contributed by atoms with Crippen LogP contribution in [0.1, 0.15) is 73.6 Å². The van der Waals surface area contributed by atoms with Gasteiger partial charge in [-0.3, -0.25) is 14.4 Å². The Bertz CT molecular complexity index is 1040. The maximum atomic E-state index is 13.6. The molecule has 1 aliphatic heterocycles. The summed E-state index contributed by atoms with van der Waals surface area (Å²) in [5.41, 5.74) is 4.95. The molecule has 5 unspecified atom stereocenters. The number of rotatable bonds is 7. The summed E-state index contributed by atoms with van der Waals surface area (Å²) in [6.07, 6.45) is 4.09. The molecule has 1 heterocycles. The van der Waals surface area contributed by atoms with Gasteiger partial charge in [-0.05, 0) is 63.8 Å². The van der Waals surface area contributed by atoms with Gasteiger partial charge in [0.1, 0.15) is 11.9 Å². The fourth-order valence-corrected chi connectivity index (χ4v) is 9.39. The van der Waals surface area contributed by atoms with Crippen LogP contribution >= 0.6 is 11.8 Å². The third-order valence-corrected chi connectivity index (χ3v) is 13.3. The van der Waals surface area contributed by atoms with Crippen molar-refractivity contribution in [3.63, 3.8) is 0 Å². The van der Waals surface area contributed by atoms with E-state index in [1.165, 1.54) is 11.8 Å². The molecule has 3 saturated carbocycles. The van der Waals surface area contributed by atoms with Crippen molar-refractivity contribution in [1.29, 1.82) is 0 Å². The molecule has 3 N–H and O–H groups in total. The van der Waals surface area contributed by atoms with Crippen molar-refractivity contribution >= 4 is 29.4 Å². The van der Waals surface area contributed by atoms with E-state index >= 15 is 0 Å². The van der Waals surface area contributed by atoms with E-state index in [-0.39, 0.29) is 46.6 Å². The molecule has 2 bridgehead atoms. The van der Waals surface area contributed by atoms with Gasteiger partial charge in [-0.25, -0.2) is 0 Å². The van der Waals surface area contributed by atoms with Crippen molar-refractivity contribution in [3.05, 3.63) is 12.7 Å². The van der Waals surface area contributed by atoms with Gasteiger partial charge in [-0.15, -0.1) is 18.3 Å². The number of ketones is 1. The first-order chi connectivity index (χ1) is 19.0. The number of aliphatic hydroxyl groups excluding tert-OH is 1. The van der Waals surface area contributed by atoms with Crippen molar-refractivity contribution in [2.24, 2.45) is 39.7 Å². The van der Waals surface area contributed by atoms with Gasteiger partial charge in [0.25, 0.3) is 0 Å². The Balaban J connectivity index is 1.54. The average molecular weight is 592 g/mol. The number of amides is 1. The highest BCUT2D eigenvalue weighted by atomic mass is 32.2. The Labute approximate surface area is 251 Å².